The number of anilines is 1. The highest BCUT2D eigenvalue weighted by Gasteiger charge is 2.35. The number of aryl methyl sites for hydroxylation is 1. The monoisotopic (exact) mass is 514 g/mol. The molecule has 2 N–H and O–H groups in total. The van der Waals surface area contributed by atoms with Gasteiger partial charge in [-0.15, -0.1) is 6.58 Å². The number of rotatable bonds is 7. The third-order valence-corrected chi connectivity index (χ3v) is 6.60. The molecule has 1 fully saturated rings. The Balaban J connectivity index is 1.82. The molecule has 9 heteroatoms. The summed E-state index contributed by atoms with van der Waals surface area (Å²) in [4.78, 5) is 18.4. The Morgan fingerprint density at radius 1 is 1.36 bits per heavy atom. The number of aliphatic carboxylic acids is 1. The summed E-state index contributed by atoms with van der Waals surface area (Å²) in [5.41, 5.74) is 2.64. The van der Waals surface area contributed by atoms with Crippen LogP contribution in [0.15, 0.2) is 47.5 Å². The number of hydrogen-bond acceptors (Lipinski definition) is 6. The van der Waals surface area contributed by atoms with Crippen molar-refractivity contribution in [1.82, 2.24) is 14.6 Å². The second-order valence-corrected chi connectivity index (χ2v) is 9.44. The first-order valence-electron chi connectivity index (χ1n) is 10.8. The van der Waals surface area contributed by atoms with Gasteiger partial charge in [0.2, 0.25) is 0 Å². The lowest BCUT2D eigenvalue weighted by molar-refractivity contribution is -0.147. The highest BCUT2D eigenvalue weighted by Crippen LogP contribution is 2.36. The number of halogens is 1. The summed E-state index contributed by atoms with van der Waals surface area (Å²) in [6.45, 7) is 9.24. The summed E-state index contributed by atoms with van der Waals surface area (Å²) in [6, 6.07) is 9.65. The summed E-state index contributed by atoms with van der Waals surface area (Å²) >= 11 is 3.49. The number of hydrogen-bond donors (Lipinski definition) is 2. The highest BCUT2D eigenvalue weighted by molar-refractivity contribution is 9.10. The van der Waals surface area contributed by atoms with E-state index in [1.807, 2.05) is 30.3 Å². The van der Waals surface area contributed by atoms with Crippen molar-refractivity contribution in [2.75, 3.05) is 24.6 Å². The average molecular weight is 515 g/mol. The van der Waals surface area contributed by atoms with Crippen LogP contribution in [-0.2, 0) is 9.53 Å². The Morgan fingerprint density at radius 3 is 2.73 bits per heavy atom. The van der Waals surface area contributed by atoms with Crippen molar-refractivity contribution in [2.24, 2.45) is 0 Å². The SMILES string of the molecule is C=CCOC1(C)CCN(c2c(C(O)C(=O)O)c(C)nc3cc(-c4cccc(Br)c4)nn23)CC1. The largest absolute Gasteiger partial charge is 0.479 e. The molecule has 0 radical (unpaired) electrons. The maximum Gasteiger partial charge on any atom is 0.337 e. The molecule has 1 aromatic carbocycles. The molecule has 2 aromatic heterocycles. The molecule has 0 bridgehead atoms. The van der Waals surface area contributed by atoms with E-state index >= 15 is 0 Å². The number of piperidine rings is 1. The number of aromatic nitrogens is 3. The van der Waals surface area contributed by atoms with E-state index in [9.17, 15) is 15.0 Å². The Kier molecular flexibility index (Phi) is 6.56. The fourth-order valence-electron chi connectivity index (χ4n) is 4.25. The van der Waals surface area contributed by atoms with Crippen molar-refractivity contribution < 1.29 is 19.7 Å². The molecule has 33 heavy (non-hydrogen) atoms. The van der Waals surface area contributed by atoms with Gasteiger partial charge in [-0.3, -0.25) is 0 Å². The van der Waals surface area contributed by atoms with Crippen molar-refractivity contribution >= 4 is 33.4 Å². The molecular weight excluding hydrogens is 488 g/mol. The van der Waals surface area contributed by atoms with E-state index < -0.39 is 12.1 Å². The van der Waals surface area contributed by atoms with Crippen LogP contribution in [-0.4, -0.2) is 56.1 Å². The number of carbonyl (C=O) groups is 1. The Morgan fingerprint density at radius 2 is 2.09 bits per heavy atom. The summed E-state index contributed by atoms with van der Waals surface area (Å²) in [5, 5.41) is 24.9. The van der Waals surface area contributed by atoms with Crippen LogP contribution in [0.4, 0.5) is 5.82 Å². The normalized spacial score (nSPS) is 16.7. The van der Waals surface area contributed by atoms with E-state index in [0.29, 0.717) is 42.5 Å². The number of ether oxygens (including phenoxy) is 1. The molecule has 0 aliphatic carbocycles. The van der Waals surface area contributed by atoms with Crippen LogP contribution in [0.3, 0.4) is 0 Å². The lowest BCUT2D eigenvalue weighted by Crippen LogP contribution is -2.45. The van der Waals surface area contributed by atoms with Crippen molar-refractivity contribution in [1.29, 1.82) is 0 Å². The summed E-state index contributed by atoms with van der Waals surface area (Å²) in [5.74, 6) is -0.768. The molecule has 3 heterocycles. The third kappa shape index (κ3) is 4.66. The molecule has 0 spiro atoms. The molecule has 174 valence electrons. The summed E-state index contributed by atoms with van der Waals surface area (Å²) in [7, 11) is 0. The molecule has 1 unspecified atom stereocenters. The van der Waals surface area contributed by atoms with Crippen LogP contribution < -0.4 is 4.90 Å². The van der Waals surface area contributed by atoms with Crippen molar-refractivity contribution in [3.05, 3.63) is 58.7 Å². The molecule has 0 saturated carbocycles. The fourth-order valence-corrected chi connectivity index (χ4v) is 4.65. The molecule has 0 amide bonds. The zero-order valence-electron chi connectivity index (χ0n) is 18.7. The molecular formula is C24H27BrN4O4. The first kappa shape index (κ1) is 23.4. The number of benzene rings is 1. The van der Waals surface area contributed by atoms with E-state index in [-0.39, 0.29) is 11.2 Å². The summed E-state index contributed by atoms with van der Waals surface area (Å²) < 4.78 is 8.56. The van der Waals surface area contributed by atoms with Crippen molar-refractivity contribution in [2.45, 2.75) is 38.4 Å². The van der Waals surface area contributed by atoms with Gasteiger partial charge in [0.1, 0.15) is 5.82 Å². The van der Waals surface area contributed by atoms with E-state index in [4.69, 9.17) is 9.84 Å². The smallest absolute Gasteiger partial charge is 0.337 e. The van der Waals surface area contributed by atoms with Crippen LogP contribution >= 0.6 is 15.9 Å². The Bertz CT molecular complexity index is 1200. The highest BCUT2D eigenvalue weighted by atomic mass is 79.9. The number of aliphatic hydroxyl groups excluding tert-OH is 1. The fraction of sp³-hybridized carbons (Fsp3) is 0.375. The topological polar surface area (TPSA) is 100 Å². The lowest BCUT2D eigenvalue weighted by atomic mass is 9.92. The molecule has 1 saturated heterocycles. The standard InChI is InChI=1S/C24H27BrN4O4/c1-4-12-33-24(3)8-10-28(11-9-24)22-20(21(30)23(31)32)15(2)26-19-14-18(27-29(19)22)16-6-5-7-17(25)13-16/h4-7,13-14,21,30H,1,8-12H2,2-3H3,(H,31,32). The lowest BCUT2D eigenvalue weighted by Gasteiger charge is -2.40. The third-order valence-electron chi connectivity index (χ3n) is 6.10. The van der Waals surface area contributed by atoms with Gasteiger partial charge in [0.05, 0.1) is 23.5 Å². The van der Waals surface area contributed by atoms with Crippen LogP contribution in [0, 0.1) is 6.92 Å². The second kappa shape index (κ2) is 9.24. The van der Waals surface area contributed by atoms with E-state index in [2.05, 4.69) is 39.3 Å². The predicted octanol–water partition coefficient (Wildman–Crippen LogP) is 4.15. The number of nitrogens with zero attached hydrogens (tertiary/aromatic N) is 4. The van der Waals surface area contributed by atoms with Gasteiger partial charge in [0, 0.05) is 34.9 Å². The van der Waals surface area contributed by atoms with Gasteiger partial charge in [-0.2, -0.15) is 9.61 Å². The van der Waals surface area contributed by atoms with Crippen LogP contribution in [0.25, 0.3) is 16.9 Å². The molecule has 1 atom stereocenters. The van der Waals surface area contributed by atoms with Gasteiger partial charge in [0.15, 0.2) is 11.8 Å². The number of aliphatic hydroxyl groups is 1. The van der Waals surface area contributed by atoms with E-state index in [1.165, 1.54) is 0 Å². The van der Waals surface area contributed by atoms with Crippen molar-refractivity contribution in [3.63, 3.8) is 0 Å². The minimum atomic E-state index is -1.71. The van der Waals surface area contributed by atoms with Crippen LogP contribution in [0.5, 0.6) is 0 Å². The molecule has 1 aliphatic rings. The summed E-state index contributed by atoms with van der Waals surface area (Å²) in [6.07, 6.45) is 1.51. The van der Waals surface area contributed by atoms with E-state index in [0.717, 1.165) is 22.9 Å². The second-order valence-electron chi connectivity index (χ2n) is 8.52. The first-order chi connectivity index (χ1) is 15.7. The van der Waals surface area contributed by atoms with Gasteiger partial charge in [0.25, 0.3) is 0 Å². The predicted molar refractivity (Wildman–Crippen MR) is 129 cm³/mol. The van der Waals surface area contributed by atoms with Crippen LogP contribution in [0.2, 0.25) is 0 Å². The molecule has 3 aromatic rings. The van der Waals surface area contributed by atoms with Gasteiger partial charge in [-0.25, -0.2) is 9.78 Å². The molecule has 4 rings (SSSR count). The minimum Gasteiger partial charge on any atom is -0.479 e. The number of carboxylic acids is 1. The Hall–Kier alpha value is -2.75. The number of fused-ring (bicyclic) bond motifs is 1. The quantitative estimate of drug-likeness (QED) is 0.456. The average Bonchev–Trinajstić information content (AvgIpc) is 3.21. The van der Waals surface area contributed by atoms with E-state index in [1.54, 1.807) is 17.5 Å². The number of carboxylic acid groups (broad SMARTS) is 1. The van der Waals surface area contributed by atoms with Gasteiger partial charge >= 0.3 is 5.97 Å². The maximum absolute atomic E-state index is 11.7. The molecule has 1 aliphatic heterocycles. The van der Waals surface area contributed by atoms with Crippen molar-refractivity contribution in [3.8, 4) is 11.3 Å². The van der Waals surface area contributed by atoms with Gasteiger partial charge < -0.3 is 19.8 Å². The minimum absolute atomic E-state index is 0.259. The first-order valence-corrected chi connectivity index (χ1v) is 11.6. The zero-order valence-corrected chi connectivity index (χ0v) is 20.2. The zero-order chi connectivity index (χ0) is 23.8. The maximum atomic E-state index is 11.7. The van der Waals surface area contributed by atoms with Gasteiger partial charge in [-0.05, 0) is 38.8 Å². The van der Waals surface area contributed by atoms with Crippen LogP contribution in [0.1, 0.15) is 37.1 Å². The molecule has 8 nitrogen and oxygen atoms in total. The van der Waals surface area contributed by atoms with Gasteiger partial charge in [-0.1, -0.05) is 34.1 Å². The Labute approximate surface area is 200 Å².